The van der Waals surface area contributed by atoms with E-state index in [1.807, 2.05) is 34.6 Å². The highest BCUT2D eigenvalue weighted by atomic mass is 16.5. The topological polar surface area (TPSA) is 93.2 Å². The maximum Gasteiger partial charge on any atom is 0.338 e. The number of imide groups is 1. The van der Waals surface area contributed by atoms with E-state index in [0.29, 0.717) is 31.1 Å². The molecule has 0 aliphatic carbocycles. The molecule has 2 aromatic carbocycles. The molecule has 0 bridgehead atoms. The number of nitrogens with zero attached hydrogens (tertiary/aromatic N) is 2. The molecule has 0 radical (unpaired) electrons. The van der Waals surface area contributed by atoms with E-state index in [2.05, 4.69) is 0 Å². The van der Waals surface area contributed by atoms with E-state index in [1.54, 1.807) is 29.2 Å². The average molecular weight is 481 g/mol. The summed E-state index contributed by atoms with van der Waals surface area (Å²) < 4.78 is 10.7. The van der Waals surface area contributed by atoms with E-state index >= 15 is 0 Å². The number of amides is 3. The van der Waals surface area contributed by atoms with E-state index in [4.69, 9.17) is 9.47 Å². The van der Waals surface area contributed by atoms with Gasteiger partial charge in [0.15, 0.2) is 6.61 Å². The van der Waals surface area contributed by atoms with Gasteiger partial charge in [-0.3, -0.25) is 14.4 Å². The van der Waals surface area contributed by atoms with Gasteiger partial charge in [0.05, 0.1) is 29.0 Å². The lowest BCUT2D eigenvalue weighted by molar-refractivity contribution is -0.135. The minimum absolute atomic E-state index is 0.102. The highest BCUT2D eigenvalue weighted by molar-refractivity contribution is 6.34. The molecule has 0 saturated carbocycles. The first-order valence-electron chi connectivity index (χ1n) is 11.8. The molecule has 1 aliphatic heterocycles. The Kier molecular flexibility index (Phi) is 8.27. The fourth-order valence-electron chi connectivity index (χ4n) is 3.92. The zero-order valence-corrected chi connectivity index (χ0v) is 20.9. The van der Waals surface area contributed by atoms with Gasteiger partial charge in [0.2, 0.25) is 0 Å². The van der Waals surface area contributed by atoms with Crippen LogP contribution < -0.4 is 9.64 Å². The number of fused-ring (bicyclic) bond motifs is 1. The summed E-state index contributed by atoms with van der Waals surface area (Å²) >= 11 is 0. The molecule has 0 fully saturated rings. The van der Waals surface area contributed by atoms with Crippen molar-refractivity contribution < 1.29 is 28.7 Å². The number of hydrogen-bond acceptors (Lipinski definition) is 6. The van der Waals surface area contributed by atoms with Crippen LogP contribution in [0.2, 0.25) is 0 Å². The van der Waals surface area contributed by atoms with Crippen molar-refractivity contribution in [1.29, 1.82) is 0 Å². The Hall–Kier alpha value is -3.68. The highest BCUT2D eigenvalue weighted by Gasteiger charge is 2.37. The van der Waals surface area contributed by atoms with Gasteiger partial charge < -0.3 is 14.4 Å². The molecule has 1 heterocycles. The molecule has 0 N–H and O–H groups in total. The molecule has 2 aromatic rings. The van der Waals surface area contributed by atoms with Gasteiger partial charge in [-0.15, -0.1) is 0 Å². The highest BCUT2D eigenvalue weighted by Crippen LogP contribution is 2.30. The summed E-state index contributed by atoms with van der Waals surface area (Å²) in [4.78, 5) is 53.9. The summed E-state index contributed by atoms with van der Waals surface area (Å²) in [5.41, 5.74) is 0.831. The molecule has 0 unspecified atom stereocenters. The Morgan fingerprint density at radius 1 is 0.886 bits per heavy atom. The van der Waals surface area contributed by atoms with Crippen LogP contribution in [-0.4, -0.2) is 54.9 Å². The summed E-state index contributed by atoms with van der Waals surface area (Å²) in [5.74, 6) is -0.793. The Bertz CT molecular complexity index is 1100. The van der Waals surface area contributed by atoms with Crippen LogP contribution in [0.5, 0.6) is 5.75 Å². The molecule has 186 valence electrons. The number of carbonyl (C=O) groups is 4. The first-order valence-corrected chi connectivity index (χ1v) is 11.8. The second kappa shape index (κ2) is 11.2. The van der Waals surface area contributed by atoms with Crippen molar-refractivity contribution in [2.24, 2.45) is 11.8 Å². The maximum absolute atomic E-state index is 13.0. The SMILES string of the molecule is CCOc1ccc(N2C(=O)c3ccc(C(=O)OCC(=O)N(CC(C)C)CC(C)C)cc3C2=O)cc1. The summed E-state index contributed by atoms with van der Waals surface area (Å²) in [6, 6.07) is 10.8. The van der Waals surface area contributed by atoms with Crippen molar-refractivity contribution >= 4 is 29.4 Å². The average Bonchev–Trinajstić information content (AvgIpc) is 3.06. The van der Waals surface area contributed by atoms with Gasteiger partial charge in [-0.25, -0.2) is 9.69 Å². The zero-order chi connectivity index (χ0) is 25.7. The number of ether oxygens (including phenoxy) is 2. The van der Waals surface area contributed by atoms with Crippen molar-refractivity contribution in [1.82, 2.24) is 4.90 Å². The van der Waals surface area contributed by atoms with Crippen molar-refractivity contribution in [2.75, 3.05) is 31.2 Å². The van der Waals surface area contributed by atoms with Crippen LogP contribution in [0.15, 0.2) is 42.5 Å². The van der Waals surface area contributed by atoms with Gasteiger partial charge in [0.25, 0.3) is 17.7 Å². The van der Waals surface area contributed by atoms with Gasteiger partial charge in [-0.05, 0) is 61.2 Å². The first kappa shape index (κ1) is 25.9. The van der Waals surface area contributed by atoms with Crippen LogP contribution >= 0.6 is 0 Å². The molecule has 1 aliphatic rings. The van der Waals surface area contributed by atoms with E-state index in [-0.39, 0.29) is 41.0 Å². The summed E-state index contributed by atoms with van der Waals surface area (Å²) in [6.45, 7) is 11.2. The smallest absolute Gasteiger partial charge is 0.338 e. The van der Waals surface area contributed by atoms with Gasteiger partial charge in [-0.2, -0.15) is 0 Å². The molecule has 3 rings (SSSR count). The van der Waals surface area contributed by atoms with Gasteiger partial charge in [0, 0.05) is 13.1 Å². The van der Waals surface area contributed by atoms with Crippen molar-refractivity contribution in [2.45, 2.75) is 34.6 Å². The van der Waals surface area contributed by atoms with Crippen LogP contribution in [0.3, 0.4) is 0 Å². The molecular weight excluding hydrogens is 448 g/mol. The Morgan fingerprint density at radius 2 is 1.49 bits per heavy atom. The van der Waals surface area contributed by atoms with Crippen molar-refractivity contribution in [3.63, 3.8) is 0 Å². The number of anilines is 1. The van der Waals surface area contributed by atoms with Crippen molar-refractivity contribution in [3.05, 3.63) is 59.2 Å². The number of benzene rings is 2. The van der Waals surface area contributed by atoms with E-state index < -0.39 is 17.8 Å². The Morgan fingerprint density at radius 3 is 2.06 bits per heavy atom. The van der Waals surface area contributed by atoms with E-state index in [0.717, 1.165) is 4.90 Å². The minimum Gasteiger partial charge on any atom is -0.494 e. The molecule has 8 nitrogen and oxygen atoms in total. The lowest BCUT2D eigenvalue weighted by atomic mass is 10.1. The maximum atomic E-state index is 13.0. The third kappa shape index (κ3) is 6.07. The third-order valence-electron chi connectivity index (χ3n) is 5.38. The largest absolute Gasteiger partial charge is 0.494 e. The van der Waals surface area contributed by atoms with Crippen LogP contribution in [0.1, 0.15) is 65.7 Å². The molecule has 35 heavy (non-hydrogen) atoms. The summed E-state index contributed by atoms with van der Waals surface area (Å²) in [5, 5.41) is 0. The minimum atomic E-state index is -0.727. The van der Waals surface area contributed by atoms with E-state index in [9.17, 15) is 19.2 Å². The van der Waals surface area contributed by atoms with Crippen LogP contribution in [-0.2, 0) is 9.53 Å². The molecule has 0 atom stereocenters. The quantitative estimate of drug-likeness (QED) is 0.374. The van der Waals surface area contributed by atoms with Gasteiger partial charge in [-0.1, -0.05) is 27.7 Å². The molecule has 0 spiro atoms. The molecule has 3 amide bonds. The van der Waals surface area contributed by atoms with Crippen molar-refractivity contribution in [3.8, 4) is 5.75 Å². The lowest BCUT2D eigenvalue weighted by Crippen LogP contribution is -2.39. The third-order valence-corrected chi connectivity index (χ3v) is 5.38. The Balaban J connectivity index is 1.71. The molecule has 0 aromatic heterocycles. The first-order chi connectivity index (χ1) is 16.6. The number of hydrogen-bond donors (Lipinski definition) is 0. The monoisotopic (exact) mass is 480 g/mol. The van der Waals surface area contributed by atoms with E-state index in [1.165, 1.54) is 18.2 Å². The number of rotatable bonds is 10. The second-order valence-corrected chi connectivity index (χ2v) is 9.30. The number of esters is 1. The predicted molar refractivity (Wildman–Crippen MR) is 132 cm³/mol. The second-order valence-electron chi connectivity index (χ2n) is 9.30. The standard InChI is InChI=1S/C27H32N2O6/c1-6-34-21-10-8-20(9-11-21)29-25(31)22-12-7-19(13-23(22)26(29)32)27(33)35-16-24(30)28(14-17(2)3)15-18(4)5/h7-13,17-18H,6,14-16H2,1-5H3. The molecule has 8 heteroatoms. The lowest BCUT2D eigenvalue weighted by Gasteiger charge is -2.26. The van der Waals surface area contributed by atoms with Gasteiger partial charge >= 0.3 is 5.97 Å². The number of carbonyl (C=O) groups excluding carboxylic acids is 4. The van der Waals surface area contributed by atoms with Crippen LogP contribution in [0.4, 0.5) is 5.69 Å². The van der Waals surface area contributed by atoms with Gasteiger partial charge in [0.1, 0.15) is 5.75 Å². The summed E-state index contributed by atoms with van der Waals surface area (Å²) in [7, 11) is 0. The predicted octanol–water partition coefficient (Wildman–Crippen LogP) is 4.18. The fourth-order valence-corrected chi connectivity index (χ4v) is 3.92. The van der Waals surface area contributed by atoms with Crippen LogP contribution in [0, 0.1) is 11.8 Å². The zero-order valence-electron chi connectivity index (χ0n) is 20.9. The molecular formula is C27H32N2O6. The Labute approximate surface area is 205 Å². The summed E-state index contributed by atoms with van der Waals surface area (Å²) in [6.07, 6.45) is 0. The fraction of sp³-hybridized carbons (Fsp3) is 0.407. The molecule has 0 saturated heterocycles. The van der Waals surface area contributed by atoms with Crippen LogP contribution in [0.25, 0.3) is 0 Å². The normalized spacial score (nSPS) is 12.8.